The summed E-state index contributed by atoms with van der Waals surface area (Å²) < 4.78 is 10.5. The normalized spacial score (nSPS) is 15.0. The van der Waals surface area contributed by atoms with Crippen molar-refractivity contribution in [3.63, 3.8) is 0 Å². The smallest absolute Gasteiger partial charge is 0.237 e. The van der Waals surface area contributed by atoms with Gasteiger partial charge in [-0.15, -0.1) is 0 Å². The second-order valence-electron chi connectivity index (χ2n) is 5.25. The van der Waals surface area contributed by atoms with Gasteiger partial charge in [-0.1, -0.05) is 20.3 Å². The maximum atomic E-state index is 12.1. The van der Waals surface area contributed by atoms with Crippen LogP contribution in [-0.4, -0.2) is 26.2 Å². The summed E-state index contributed by atoms with van der Waals surface area (Å²) in [6, 6.07) is 4.84. The zero-order valence-corrected chi connectivity index (χ0v) is 13.5. The highest BCUT2D eigenvalue weighted by atomic mass is 16.5. The molecule has 5 nitrogen and oxygen atoms in total. The molecule has 0 aliphatic heterocycles. The number of amides is 1. The van der Waals surface area contributed by atoms with Crippen molar-refractivity contribution in [1.29, 1.82) is 0 Å². The Balaban J connectivity index is 2.84. The first kappa shape index (κ1) is 17.3. The predicted octanol–water partition coefficient (Wildman–Crippen LogP) is 2.25. The standard InChI is InChI=1S/C16H26N2O3/c1-6-10(2)15(17)16(19)18-11(3)13-8-7-12(20-4)9-14(13)21-5/h7-11,15H,6,17H2,1-5H3,(H,18,19)/t10-,11?,15-/m0/s1. The van der Waals surface area contributed by atoms with E-state index in [2.05, 4.69) is 5.32 Å². The van der Waals surface area contributed by atoms with E-state index in [1.54, 1.807) is 20.3 Å². The lowest BCUT2D eigenvalue weighted by Gasteiger charge is -2.22. The predicted molar refractivity (Wildman–Crippen MR) is 83.5 cm³/mol. The van der Waals surface area contributed by atoms with Crippen molar-refractivity contribution < 1.29 is 14.3 Å². The first-order valence-electron chi connectivity index (χ1n) is 7.22. The maximum Gasteiger partial charge on any atom is 0.237 e. The van der Waals surface area contributed by atoms with Crippen LogP contribution in [0.4, 0.5) is 0 Å². The zero-order valence-electron chi connectivity index (χ0n) is 13.5. The van der Waals surface area contributed by atoms with Crippen molar-refractivity contribution in [1.82, 2.24) is 5.32 Å². The van der Waals surface area contributed by atoms with Gasteiger partial charge in [0.25, 0.3) is 0 Å². The maximum absolute atomic E-state index is 12.1. The highest BCUT2D eigenvalue weighted by molar-refractivity contribution is 5.82. The summed E-state index contributed by atoms with van der Waals surface area (Å²) in [5.41, 5.74) is 6.84. The molecule has 1 amide bonds. The van der Waals surface area contributed by atoms with Crippen molar-refractivity contribution in [2.24, 2.45) is 11.7 Å². The van der Waals surface area contributed by atoms with Crippen LogP contribution in [0.25, 0.3) is 0 Å². The minimum absolute atomic E-state index is 0.144. The van der Waals surface area contributed by atoms with E-state index < -0.39 is 6.04 Å². The van der Waals surface area contributed by atoms with E-state index in [1.165, 1.54) is 0 Å². The molecule has 0 bridgehead atoms. The molecule has 5 heteroatoms. The fraction of sp³-hybridized carbons (Fsp3) is 0.562. The summed E-state index contributed by atoms with van der Waals surface area (Å²) in [5, 5.41) is 2.94. The second kappa shape index (κ2) is 7.88. The van der Waals surface area contributed by atoms with Crippen LogP contribution in [0.3, 0.4) is 0 Å². The van der Waals surface area contributed by atoms with E-state index in [-0.39, 0.29) is 17.9 Å². The fourth-order valence-electron chi connectivity index (χ4n) is 2.08. The summed E-state index contributed by atoms with van der Waals surface area (Å²) in [6.07, 6.45) is 0.870. The van der Waals surface area contributed by atoms with Crippen molar-refractivity contribution in [2.45, 2.75) is 39.3 Å². The molecule has 0 saturated heterocycles. The summed E-state index contributed by atoms with van der Waals surface area (Å²) in [6.45, 7) is 5.90. The molecule has 0 saturated carbocycles. The number of rotatable bonds is 7. The van der Waals surface area contributed by atoms with Crippen LogP contribution in [0.2, 0.25) is 0 Å². The van der Waals surface area contributed by atoms with Gasteiger partial charge in [-0.25, -0.2) is 0 Å². The number of carbonyl (C=O) groups excluding carboxylic acids is 1. The first-order chi connectivity index (χ1) is 9.94. The van der Waals surface area contributed by atoms with Gasteiger partial charge < -0.3 is 20.5 Å². The van der Waals surface area contributed by atoms with Crippen LogP contribution in [0, 0.1) is 5.92 Å². The molecule has 3 N–H and O–H groups in total. The van der Waals surface area contributed by atoms with E-state index in [1.807, 2.05) is 32.9 Å². The summed E-state index contributed by atoms with van der Waals surface area (Å²) >= 11 is 0. The molecular formula is C16H26N2O3. The number of benzene rings is 1. The van der Waals surface area contributed by atoms with Gasteiger partial charge in [0.1, 0.15) is 11.5 Å². The van der Waals surface area contributed by atoms with Gasteiger partial charge in [-0.3, -0.25) is 4.79 Å². The molecule has 1 aromatic carbocycles. The summed E-state index contributed by atoms with van der Waals surface area (Å²) in [5.74, 6) is 1.40. The van der Waals surface area contributed by atoms with Crippen LogP contribution in [0.15, 0.2) is 18.2 Å². The Bertz CT molecular complexity index is 477. The Morgan fingerprint density at radius 2 is 1.95 bits per heavy atom. The largest absolute Gasteiger partial charge is 0.497 e. The number of carbonyl (C=O) groups is 1. The summed E-state index contributed by atoms with van der Waals surface area (Å²) in [4.78, 5) is 12.1. The van der Waals surface area contributed by atoms with Gasteiger partial charge in [0.2, 0.25) is 5.91 Å². The molecule has 0 aromatic heterocycles. The number of nitrogens with two attached hydrogens (primary N) is 1. The molecule has 0 aliphatic carbocycles. The van der Waals surface area contributed by atoms with E-state index in [4.69, 9.17) is 15.2 Å². The van der Waals surface area contributed by atoms with Gasteiger partial charge in [0, 0.05) is 11.6 Å². The quantitative estimate of drug-likeness (QED) is 0.809. The lowest BCUT2D eigenvalue weighted by molar-refractivity contribution is -0.124. The number of ether oxygens (including phenoxy) is 2. The average Bonchev–Trinajstić information content (AvgIpc) is 2.52. The van der Waals surface area contributed by atoms with Crippen LogP contribution < -0.4 is 20.5 Å². The van der Waals surface area contributed by atoms with Crippen molar-refractivity contribution >= 4 is 5.91 Å². The molecule has 0 heterocycles. The Morgan fingerprint density at radius 3 is 2.48 bits per heavy atom. The average molecular weight is 294 g/mol. The van der Waals surface area contributed by atoms with Crippen LogP contribution >= 0.6 is 0 Å². The van der Waals surface area contributed by atoms with Gasteiger partial charge in [-0.05, 0) is 25.0 Å². The molecule has 0 radical (unpaired) electrons. The lowest BCUT2D eigenvalue weighted by atomic mass is 9.98. The molecule has 118 valence electrons. The molecule has 3 atom stereocenters. The first-order valence-corrected chi connectivity index (χ1v) is 7.22. The van der Waals surface area contributed by atoms with Gasteiger partial charge in [0.05, 0.1) is 26.3 Å². The van der Waals surface area contributed by atoms with Gasteiger partial charge >= 0.3 is 0 Å². The Hall–Kier alpha value is -1.75. The third kappa shape index (κ3) is 4.36. The Kier molecular flexibility index (Phi) is 6.49. The third-order valence-electron chi connectivity index (χ3n) is 3.83. The van der Waals surface area contributed by atoms with E-state index in [0.29, 0.717) is 11.5 Å². The molecule has 1 aromatic rings. The second-order valence-corrected chi connectivity index (χ2v) is 5.25. The van der Waals surface area contributed by atoms with Crippen LogP contribution in [-0.2, 0) is 4.79 Å². The third-order valence-corrected chi connectivity index (χ3v) is 3.83. The summed E-state index contributed by atoms with van der Waals surface area (Å²) in [7, 11) is 3.20. The number of hydrogen-bond acceptors (Lipinski definition) is 4. The Morgan fingerprint density at radius 1 is 1.29 bits per heavy atom. The van der Waals surface area contributed by atoms with Crippen LogP contribution in [0.1, 0.15) is 38.8 Å². The SMILES string of the molecule is CC[C@H](C)[C@H](N)C(=O)NC(C)c1ccc(OC)cc1OC. The highest BCUT2D eigenvalue weighted by Crippen LogP contribution is 2.29. The minimum atomic E-state index is -0.498. The van der Waals surface area contributed by atoms with Crippen LogP contribution in [0.5, 0.6) is 11.5 Å². The minimum Gasteiger partial charge on any atom is -0.497 e. The van der Waals surface area contributed by atoms with Crippen molar-refractivity contribution in [3.05, 3.63) is 23.8 Å². The van der Waals surface area contributed by atoms with Crippen molar-refractivity contribution in [2.75, 3.05) is 14.2 Å². The number of methoxy groups -OCH3 is 2. The highest BCUT2D eigenvalue weighted by Gasteiger charge is 2.22. The van der Waals surface area contributed by atoms with Crippen molar-refractivity contribution in [3.8, 4) is 11.5 Å². The zero-order chi connectivity index (χ0) is 16.0. The monoisotopic (exact) mass is 294 g/mol. The number of hydrogen-bond donors (Lipinski definition) is 2. The van der Waals surface area contributed by atoms with E-state index >= 15 is 0 Å². The molecule has 1 unspecified atom stereocenters. The van der Waals surface area contributed by atoms with E-state index in [0.717, 1.165) is 12.0 Å². The molecule has 1 rings (SSSR count). The lowest BCUT2D eigenvalue weighted by Crippen LogP contribution is -2.45. The molecular weight excluding hydrogens is 268 g/mol. The topological polar surface area (TPSA) is 73.6 Å². The molecule has 21 heavy (non-hydrogen) atoms. The van der Waals surface area contributed by atoms with Gasteiger partial charge in [-0.2, -0.15) is 0 Å². The number of nitrogens with one attached hydrogen (secondary N) is 1. The Labute approximate surface area is 126 Å². The molecule has 0 spiro atoms. The molecule has 0 aliphatic rings. The van der Waals surface area contributed by atoms with Gasteiger partial charge in [0.15, 0.2) is 0 Å². The molecule has 0 fully saturated rings. The fourth-order valence-corrected chi connectivity index (χ4v) is 2.08. The van der Waals surface area contributed by atoms with E-state index in [9.17, 15) is 4.79 Å².